The molecule has 0 bridgehead atoms. The number of nitrogens with zero attached hydrogens (tertiary/aromatic N) is 3. The van der Waals surface area contributed by atoms with Crippen molar-refractivity contribution in [3.63, 3.8) is 0 Å². The molecule has 6 nitrogen and oxygen atoms in total. The smallest absolute Gasteiger partial charge is 0.159 e. The maximum absolute atomic E-state index is 9.70. The number of aromatic nitrogens is 3. The fraction of sp³-hybridized carbons (Fsp3) is 0.364. The molecule has 3 rings (SSSR count). The summed E-state index contributed by atoms with van der Waals surface area (Å²) < 4.78 is 5.17. The number of halogens is 1. The summed E-state index contributed by atoms with van der Waals surface area (Å²) in [5.41, 5.74) is 0. The van der Waals surface area contributed by atoms with Crippen LogP contribution >= 0.6 is 11.6 Å². The van der Waals surface area contributed by atoms with Gasteiger partial charge in [-0.3, -0.25) is 4.98 Å². The van der Waals surface area contributed by atoms with Crippen LogP contribution in [0, 0.1) is 0 Å². The first kappa shape index (κ1) is 11.6. The summed E-state index contributed by atoms with van der Waals surface area (Å²) in [6, 6.07) is 1.59. The summed E-state index contributed by atoms with van der Waals surface area (Å²) in [6.07, 6.45) is 2.77. The highest BCUT2D eigenvalue weighted by atomic mass is 35.5. The summed E-state index contributed by atoms with van der Waals surface area (Å²) >= 11 is 5.97. The second-order valence-corrected chi connectivity index (χ2v) is 4.47. The third-order valence-electron chi connectivity index (χ3n) is 2.91. The van der Waals surface area contributed by atoms with Crippen molar-refractivity contribution in [1.82, 2.24) is 15.2 Å². The largest absolute Gasteiger partial charge is 0.388 e. The van der Waals surface area contributed by atoms with Crippen LogP contribution in [0.1, 0.15) is 0 Å². The molecule has 1 aliphatic rings. The molecule has 3 heterocycles. The van der Waals surface area contributed by atoms with Crippen LogP contribution < -0.4 is 5.32 Å². The van der Waals surface area contributed by atoms with Crippen molar-refractivity contribution >= 4 is 28.2 Å². The predicted octanol–water partition coefficient (Wildman–Crippen LogP) is 0.850. The monoisotopic (exact) mass is 266 g/mol. The van der Waals surface area contributed by atoms with Crippen molar-refractivity contribution in [2.45, 2.75) is 12.1 Å². The quantitative estimate of drug-likeness (QED) is 0.839. The van der Waals surface area contributed by atoms with Crippen LogP contribution in [0.4, 0.5) is 5.82 Å². The maximum Gasteiger partial charge on any atom is 0.159 e. The molecule has 0 radical (unpaired) electrons. The van der Waals surface area contributed by atoms with Gasteiger partial charge in [0.25, 0.3) is 0 Å². The molecule has 0 unspecified atom stereocenters. The summed E-state index contributed by atoms with van der Waals surface area (Å²) in [6.45, 7) is 0.766. The number of aliphatic hydroxyl groups is 1. The van der Waals surface area contributed by atoms with E-state index in [-0.39, 0.29) is 6.04 Å². The van der Waals surface area contributed by atoms with E-state index in [0.717, 1.165) is 10.8 Å². The average molecular weight is 267 g/mol. The van der Waals surface area contributed by atoms with E-state index in [2.05, 4.69) is 20.5 Å². The zero-order valence-corrected chi connectivity index (χ0v) is 10.1. The van der Waals surface area contributed by atoms with E-state index in [1.807, 2.05) is 0 Å². The standard InChI is InChI=1S/C11H11ClN4O2/c12-10-6-1-2-13-3-7(6)11(16-15-10)14-8-4-18-5-9(8)17/h1-3,8-9,17H,4-5H2,(H,14,16)/t8-,9-/m1/s1. The van der Waals surface area contributed by atoms with Gasteiger partial charge in [0.05, 0.1) is 25.4 Å². The Kier molecular flexibility index (Phi) is 2.99. The fourth-order valence-electron chi connectivity index (χ4n) is 1.93. The van der Waals surface area contributed by atoms with Crippen molar-refractivity contribution in [3.05, 3.63) is 23.6 Å². The van der Waals surface area contributed by atoms with Crippen molar-refractivity contribution in [2.24, 2.45) is 0 Å². The second kappa shape index (κ2) is 4.64. The highest BCUT2D eigenvalue weighted by Gasteiger charge is 2.27. The number of aliphatic hydroxyl groups excluding tert-OH is 1. The minimum absolute atomic E-state index is 0.191. The van der Waals surface area contributed by atoms with Crippen LogP contribution in [0.3, 0.4) is 0 Å². The van der Waals surface area contributed by atoms with Crippen molar-refractivity contribution in [2.75, 3.05) is 18.5 Å². The van der Waals surface area contributed by atoms with Gasteiger partial charge in [0.1, 0.15) is 0 Å². The first-order valence-corrected chi connectivity index (χ1v) is 5.92. The molecule has 1 saturated heterocycles. The van der Waals surface area contributed by atoms with Gasteiger partial charge in [0, 0.05) is 23.2 Å². The minimum atomic E-state index is -0.547. The molecule has 0 amide bonds. The molecule has 0 aliphatic carbocycles. The van der Waals surface area contributed by atoms with Crippen LogP contribution in [0.5, 0.6) is 0 Å². The van der Waals surface area contributed by atoms with Gasteiger partial charge in [-0.25, -0.2) is 0 Å². The van der Waals surface area contributed by atoms with E-state index in [0.29, 0.717) is 24.2 Å². The predicted molar refractivity (Wildman–Crippen MR) is 66.6 cm³/mol. The topological polar surface area (TPSA) is 80.2 Å². The Morgan fingerprint density at radius 3 is 3.00 bits per heavy atom. The van der Waals surface area contributed by atoms with Crippen LogP contribution in [-0.2, 0) is 4.74 Å². The first-order chi connectivity index (χ1) is 8.75. The van der Waals surface area contributed by atoms with Gasteiger partial charge >= 0.3 is 0 Å². The number of fused-ring (bicyclic) bond motifs is 1. The molecular formula is C11H11ClN4O2. The van der Waals surface area contributed by atoms with E-state index in [1.165, 1.54) is 0 Å². The molecule has 1 aliphatic heterocycles. The lowest BCUT2D eigenvalue weighted by molar-refractivity contribution is 0.125. The highest BCUT2D eigenvalue weighted by Crippen LogP contribution is 2.25. The van der Waals surface area contributed by atoms with Gasteiger partial charge in [0.15, 0.2) is 11.0 Å². The molecule has 2 atom stereocenters. The number of hydrogen-bond donors (Lipinski definition) is 2. The summed E-state index contributed by atoms with van der Waals surface area (Å²) in [7, 11) is 0. The van der Waals surface area contributed by atoms with Crippen molar-refractivity contribution in [3.8, 4) is 0 Å². The molecule has 7 heteroatoms. The van der Waals surface area contributed by atoms with Crippen molar-refractivity contribution < 1.29 is 9.84 Å². The number of anilines is 1. The number of ether oxygens (including phenoxy) is 1. The molecule has 18 heavy (non-hydrogen) atoms. The molecular weight excluding hydrogens is 256 g/mol. The fourth-order valence-corrected chi connectivity index (χ4v) is 2.13. The average Bonchev–Trinajstić information content (AvgIpc) is 2.79. The normalized spacial score (nSPS) is 23.4. The lowest BCUT2D eigenvalue weighted by atomic mass is 10.2. The van der Waals surface area contributed by atoms with E-state index < -0.39 is 6.10 Å². The molecule has 0 spiro atoms. The summed E-state index contributed by atoms with van der Waals surface area (Å²) in [5.74, 6) is 0.553. The Morgan fingerprint density at radius 1 is 1.33 bits per heavy atom. The Bertz CT molecular complexity index is 580. The van der Waals surface area contributed by atoms with Crippen LogP contribution in [0.15, 0.2) is 18.5 Å². The number of nitrogens with one attached hydrogen (secondary N) is 1. The molecule has 2 aromatic heterocycles. The first-order valence-electron chi connectivity index (χ1n) is 5.54. The molecule has 0 saturated carbocycles. The van der Waals surface area contributed by atoms with Gasteiger partial charge in [-0.2, -0.15) is 0 Å². The molecule has 2 N–H and O–H groups in total. The van der Waals surface area contributed by atoms with Crippen LogP contribution in [0.25, 0.3) is 10.8 Å². The molecule has 0 aromatic carbocycles. The number of pyridine rings is 1. The number of hydrogen-bond acceptors (Lipinski definition) is 6. The zero-order valence-electron chi connectivity index (χ0n) is 9.38. The van der Waals surface area contributed by atoms with Gasteiger partial charge < -0.3 is 15.2 Å². The van der Waals surface area contributed by atoms with Gasteiger partial charge in [-0.1, -0.05) is 11.6 Å². The SMILES string of the molecule is O[C@@H]1COC[C@H]1Nc1nnc(Cl)c2ccncc12. The number of rotatable bonds is 2. The third kappa shape index (κ3) is 1.98. The highest BCUT2D eigenvalue weighted by molar-refractivity contribution is 6.34. The van der Waals surface area contributed by atoms with E-state index in [1.54, 1.807) is 18.5 Å². The molecule has 1 fully saturated rings. The summed E-state index contributed by atoms with van der Waals surface area (Å²) in [5, 5.41) is 22.6. The Hall–Kier alpha value is -1.50. The lowest BCUT2D eigenvalue weighted by Gasteiger charge is -2.16. The minimum Gasteiger partial charge on any atom is -0.388 e. The van der Waals surface area contributed by atoms with Gasteiger partial charge in [-0.15, -0.1) is 10.2 Å². The van der Waals surface area contributed by atoms with Crippen molar-refractivity contribution in [1.29, 1.82) is 0 Å². The third-order valence-corrected chi connectivity index (χ3v) is 3.19. The van der Waals surface area contributed by atoms with E-state index in [9.17, 15) is 5.11 Å². The van der Waals surface area contributed by atoms with Gasteiger partial charge in [0.2, 0.25) is 0 Å². The Balaban J connectivity index is 1.99. The van der Waals surface area contributed by atoms with Crippen LogP contribution in [0.2, 0.25) is 5.15 Å². The summed E-state index contributed by atoms with van der Waals surface area (Å²) in [4.78, 5) is 4.05. The van der Waals surface area contributed by atoms with Crippen LogP contribution in [-0.4, -0.2) is 45.6 Å². The lowest BCUT2D eigenvalue weighted by Crippen LogP contribution is -2.32. The van der Waals surface area contributed by atoms with Gasteiger partial charge in [-0.05, 0) is 6.07 Å². The molecule has 2 aromatic rings. The Morgan fingerprint density at radius 2 is 2.22 bits per heavy atom. The molecule has 94 valence electrons. The zero-order chi connectivity index (χ0) is 12.5. The van der Waals surface area contributed by atoms with E-state index >= 15 is 0 Å². The maximum atomic E-state index is 9.70. The second-order valence-electron chi connectivity index (χ2n) is 4.12. The van der Waals surface area contributed by atoms with E-state index in [4.69, 9.17) is 16.3 Å². The Labute approximate surface area is 108 Å².